The van der Waals surface area contributed by atoms with E-state index in [1.165, 1.54) is 11.8 Å². The van der Waals surface area contributed by atoms with Crippen molar-refractivity contribution in [2.45, 2.75) is 31.5 Å². The van der Waals surface area contributed by atoms with Crippen molar-refractivity contribution in [2.24, 2.45) is 0 Å². The van der Waals surface area contributed by atoms with Gasteiger partial charge >= 0.3 is 0 Å². The monoisotopic (exact) mass is 390 g/mol. The highest BCUT2D eigenvalue weighted by Gasteiger charge is 2.13. The molecule has 1 amide bonds. The summed E-state index contributed by atoms with van der Waals surface area (Å²) in [5, 5.41) is 14.3. The quantitative estimate of drug-likeness (QED) is 0.432. The van der Waals surface area contributed by atoms with E-state index < -0.39 is 0 Å². The van der Waals surface area contributed by atoms with Crippen molar-refractivity contribution in [3.8, 4) is 0 Å². The molecule has 0 aliphatic heterocycles. The van der Waals surface area contributed by atoms with E-state index in [1.807, 2.05) is 28.5 Å². The van der Waals surface area contributed by atoms with Crippen molar-refractivity contribution in [3.63, 3.8) is 0 Å². The summed E-state index contributed by atoms with van der Waals surface area (Å²) in [5.41, 5.74) is 0.787. The van der Waals surface area contributed by atoms with E-state index in [-0.39, 0.29) is 5.91 Å². The van der Waals surface area contributed by atoms with Gasteiger partial charge in [-0.05, 0) is 24.1 Å². The first-order chi connectivity index (χ1) is 12.7. The third-order valence-electron chi connectivity index (χ3n) is 3.76. The third kappa shape index (κ3) is 4.53. The molecule has 0 atom stereocenters. The number of amides is 1. The number of aromatic nitrogens is 4. The Morgan fingerprint density at radius 2 is 2.23 bits per heavy atom. The van der Waals surface area contributed by atoms with Gasteiger partial charge in [-0.15, -0.1) is 11.3 Å². The zero-order valence-electron chi connectivity index (χ0n) is 14.9. The Morgan fingerprint density at radius 3 is 2.96 bits per heavy atom. The fraction of sp³-hybridized carbons (Fsp3) is 0.412. The van der Waals surface area contributed by atoms with E-state index >= 15 is 0 Å². The fourth-order valence-corrected chi connectivity index (χ4v) is 3.57. The number of anilines is 1. The number of fused-ring (bicyclic) bond motifs is 1. The number of hydrogen-bond donors (Lipinski definition) is 2. The van der Waals surface area contributed by atoms with Gasteiger partial charge < -0.3 is 10.6 Å². The highest BCUT2D eigenvalue weighted by molar-refractivity contribution is 7.98. The Morgan fingerprint density at radius 1 is 1.35 bits per heavy atom. The van der Waals surface area contributed by atoms with Crippen LogP contribution < -0.4 is 10.6 Å². The Labute approximate surface area is 160 Å². The van der Waals surface area contributed by atoms with Crippen LogP contribution >= 0.6 is 23.1 Å². The fourth-order valence-electron chi connectivity index (χ4n) is 2.50. The molecule has 0 radical (unpaired) electrons. The highest BCUT2D eigenvalue weighted by atomic mass is 32.2. The predicted molar refractivity (Wildman–Crippen MR) is 107 cm³/mol. The average molecular weight is 391 g/mol. The van der Waals surface area contributed by atoms with Gasteiger partial charge in [0.2, 0.25) is 5.91 Å². The molecule has 0 aliphatic carbocycles. The summed E-state index contributed by atoms with van der Waals surface area (Å²) in [7, 11) is 0. The van der Waals surface area contributed by atoms with Gasteiger partial charge in [0.05, 0.1) is 24.5 Å². The van der Waals surface area contributed by atoms with Crippen molar-refractivity contribution in [1.29, 1.82) is 0 Å². The van der Waals surface area contributed by atoms with Crippen LogP contribution in [0, 0.1) is 0 Å². The largest absolute Gasteiger partial charge is 0.369 e. The van der Waals surface area contributed by atoms with Crippen LogP contribution in [0.25, 0.3) is 11.0 Å². The second-order valence-electron chi connectivity index (χ2n) is 5.70. The molecule has 0 bridgehead atoms. The summed E-state index contributed by atoms with van der Waals surface area (Å²) >= 11 is 3.09. The maximum Gasteiger partial charge on any atom is 0.225 e. The lowest BCUT2D eigenvalue weighted by Crippen LogP contribution is -2.28. The normalized spacial score (nSPS) is 11.0. The highest BCUT2D eigenvalue weighted by Crippen LogP contribution is 2.23. The molecule has 0 unspecified atom stereocenters. The van der Waals surface area contributed by atoms with Crippen molar-refractivity contribution in [1.82, 2.24) is 25.1 Å². The molecule has 3 aromatic heterocycles. The molecule has 3 rings (SSSR count). The van der Waals surface area contributed by atoms with Gasteiger partial charge in [0.1, 0.15) is 5.82 Å². The Bertz CT molecular complexity index is 862. The average Bonchev–Trinajstić information content (AvgIpc) is 3.29. The topological polar surface area (TPSA) is 84.7 Å². The van der Waals surface area contributed by atoms with E-state index in [4.69, 9.17) is 0 Å². The molecule has 138 valence electrons. The molecule has 7 nitrogen and oxygen atoms in total. The van der Waals surface area contributed by atoms with E-state index in [2.05, 4.69) is 32.6 Å². The smallest absolute Gasteiger partial charge is 0.225 e. The van der Waals surface area contributed by atoms with E-state index in [9.17, 15) is 4.79 Å². The Balaban J connectivity index is 1.66. The summed E-state index contributed by atoms with van der Waals surface area (Å²) in [4.78, 5) is 22.2. The molecule has 3 heterocycles. The van der Waals surface area contributed by atoms with E-state index in [1.54, 1.807) is 17.5 Å². The summed E-state index contributed by atoms with van der Waals surface area (Å²) in [6.07, 6.45) is 5.17. The van der Waals surface area contributed by atoms with Crippen LogP contribution in [0.15, 0.2) is 28.9 Å². The first-order valence-electron chi connectivity index (χ1n) is 8.51. The van der Waals surface area contributed by atoms with Crippen LogP contribution in [0.1, 0.15) is 18.2 Å². The number of nitrogens with one attached hydrogen (secondary N) is 2. The third-order valence-corrected chi connectivity index (χ3v) is 5.19. The maximum absolute atomic E-state index is 12.0. The number of nitrogens with zero attached hydrogens (tertiary/aromatic N) is 4. The van der Waals surface area contributed by atoms with Gasteiger partial charge in [-0.1, -0.05) is 24.8 Å². The molecule has 26 heavy (non-hydrogen) atoms. The molecule has 0 saturated carbocycles. The van der Waals surface area contributed by atoms with E-state index in [0.29, 0.717) is 24.7 Å². The minimum atomic E-state index is 0.0219. The van der Waals surface area contributed by atoms with Crippen LogP contribution in [0.3, 0.4) is 0 Å². The number of hydrogen-bond acceptors (Lipinski definition) is 7. The second-order valence-corrected chi connectivity index (χ2v) is 7.50. The van der Waals surface area contributed by atoms with Crippen LogP contribution in [-0.4, -0.2) is 45.0 Å². The summed E-state index contributed by atoms with van der Waals surface area (Å²) in [6, 6.07) is 3.92. The van der Waals surface area contributed by atoms with Gasteiger partial charge in [-0.25, -0.2) is 14.6 Å². The van der Waals surface area contributed by atoms with Crippen molar-refractivity contribution < 1.29 is 4.79 Å². The molecule has 0 fully saturated rings. The molecule has 2 N–H and O–H groups in total. The molecular formula is C17H22N6OS2. The molecule has 0 saturated heterocycles. The van der Waals surface area contributed by atoms with Crippen LogP contribution in [0.4, 0.5) is 5.82 Å². The number of thiophene rings is 1. The Hall–Kier alpha value is -2.13. The Kier molecular flexibility index (Phi) is 6.45. The first-order valence-corrected chi connectivity index (χ1v) is 10.6. The van der Waals surface area contributed by atoms with Gasteiger partial charge in [0.15, 0.2) is 10.8 Å². The molecule has 3 aromatic rings. The summed E-state index contributed by atoms with van der Waals surface area (Å²) in [5.74, 6) is 0.836. The molecule has 9 heteroatoms. The number of carbonyl (C=O) groups excluding carboxylic acids is 1. The van der Waals surface area contributed by atoms with E-state index in [0.717, 1.165) is 34.7 Å². The molecular weight excluding hydrogens is 368 g/mol. The summed E-state index contributed by atoms with van der Waals surface area (Å²) < 4.78 is 1.82. The summed E-state index contributed by atoms with van der Waals surface area (Å²) in [6.45, 7) is 4.04. The second kappa shape index (κ2) is 9.00. The SMILES string of the molecule is CCCNc1nc(SC)nc2c1cnn2CCNC(=O)Cc1cccs1. The van der Waals surface area contributed by atoms with Crippen LogP contribution in [0.2, 0.25) is 0 Å². The molecule has 0 aliphatic rings. The lowest BCUT2D eigenvalue weighted by atomic mass is 10.3. The molecule has 0 spiro atoms. The van der Waals surface area contributed by atoms with Crippen molar-refractivity contribution in [3.05, 3.63) is 28.6 Å². The number of carbonyl (C=O) groups is 1. The van der Waals surface area contributed by atoms with Gasteiger partial charge in [-0.2, -0.15) is 5.10 Å². The zero-order valence-corrected chi connectivity index (χ0v) is 16.5. The van der Waals surface area contributed by atoms with Crippen LogP contribution in [0.5, 0.6) is 0 Å². The minimum absolute atomic E-state index is 0.0219. The van der Waals surface area contributed by atoms with Crippen LogP contribution in [-0.2, 0) is 17.8 Å². The van der Waals surface area contributed by atoms with Crippen molar-refractivity contribution >= 4 is 45.9 Å². The predicted octanol–water partition coefficient (Wildman–Crippen LogP) is 2.79. The standard InChI is InChI=1S/C17H22N6OS2/c1-3-6-19-15-13-11-20-23(16(13)22-17(21-15)25-2)8-7-18-14(24)10-12-5-4-9-26-12/h4-5,9,11H,3,6-8,10H2,1-2H3,(H,18,24)(H,19,21,22). The lowest BCUT2D eigenvalue weighted by molar-refractivity contribution is -0.120. The maximum atomic E-state index is 12.0. The van der Waals surface area contributed by atoms with Gasteiger partial charge in [0.25, 0.3) is 0 Å². The minimum Gasteiger partial charge on any atom is -0.369 e. The lowest BCUT2D eigenvalue weighted by Gasteiger charge is -2.08. The van der Waals surface area contributed by atoms with Crippen molar-refractivity contribution in [2.75, 3.05) is 24.7 Å². The van der Waals surface area contributed by atoms with Gasteiger partial charge in [0, 0.05) is 18.0 Å². The number of rotatable bonds is 9. The zero-order chi connectivity index (χ0) is 18.4. The number of thioether (sulfide) groups is 1. The first kappa shape index (κ1) is 18.7. The molecule has 0 aromatic carbocycles. The van der Waals surface area contributed by atoms with Gasteiger partial charge in [-0.3, -0.25) is 4.79 Å².